The molecule has 0 aliphatic rings. The van der Waals surface area contributed by atoms with Gasteiger partial charge in [0.05, 0.1) is 7.11 Å². The number of pyridine rings is 1. The van der Waals surface area contributed by atoms with Gasteiger partial charge in [0.25, 0.3) is 10.0 Å². The van der Waals surface area contributed by atoms with E-state index >= 15 is 0 Å². The molecular weight excluding hydrogens is 350 g/mol. The summed E-state index contributed by atoms with van der Waals surface area (Å²) in [5.74, 6) is -1.51. The minimum atomic E-state index is -4.04. The normalized spacial score (nSPS) is 11.5. The largest absolute Gasteiger partial charge is 0.494 e. The molecule has 0 atom stereocenters. The average molecular weight is 364 g/mol. The molecule has 0 amide bonds. The van der Waals surface area contributed by atoms with E-state index in [1.807, 2.05) is 0 Å². The molecule has 3 rings (SSSR count). The molecule has 2 heterocycles. The first-order valence-corrected chi connectivity index (χ1v) is 8.67. The van der Waals surface area contributed by atoms with Gasteiger partial charge in [0.2, 0.25) is 0 Å². The van der Waals surface area contributed by atoms with Crippen molar-refractivity contribution in [1.82, 2.24) is 8.96 Å². The first kappa shape index (κ1) is 17.1. The second kappa shape index (κ2) is 6.29. The third-order valence-corrected chi connectivity index (χ3v) is 5.32. The molecule has 0 spiro atoms. The molecular formula is C17H14F2N2O3S. The molecule has 2 aromatic heterocycles. The van der Waals surface area contributed by atoms with E-state index in [1.54, 1.807) is 13.0 Å². The van der Waals surface area contributed by atoms with Crippen molar-refractivity contribution in [2.45, 2.75) is 11.8 Å². The molecule has 5 nitrogen and oxygen atoms in total. The summed E-state index contributed by atoms with van der Waals surface area (Å²) in [5.41, 5.74) is 0.543. The van der Waals surface area contributed by atoms with Crippen molar-refractivity contribution in [2.75, 3.05) is 7.11 Å². The minimum absolute atomic E-state index is 0.0272. The number of hydrogen-bond donors (Lipinski definition) is 0. The minimum Gasteiger partial charge on any atom is -0.494 e. The van der Waals surface area contributed by atoms with E-state index in [-0.39, 0.29) is 21.9 Å². The van der Waals surface area contributed by atoms with Crippen LogP contribution in [-0.4, -0.2) is 24.5 Å². The molecule has 3 aromatic rings. The zero-order valence-corrected chi connectivity index (χ0v) is 14.2. The van der Waals surface area contributed by atoms with Crippen LogP contribution in [0, 0.1) is 18.6 Å². The van der Waals surface area contributed by atoms with Gasteiger partial charge in [-0.2, -0.15) is 0 Å². The van der Waals surface area contributed by atoms with Gasteiger partial charge < -0.3 is 4.74 Å². The highest BCUT2D eigenvalue weighted by Gasteiger charge is 2.25. The molecule has 0 aliphatic carbocycles. The molecule has 0 bridgehead atoms. The van der Waals surface area contributed by atoms with Gasteiger partial charge in [-0.15, -0.1) is 0 Å². The molecule has 0 unspecified atom stereocenters. The van der Waals surface area contributed by atoms with Gasteiger partial charge in [-0.05, 0) is 37.3 Å². The van der Waals surface area contributed by atoms with Crippen molar-refractivity contribution in [3.8, 4) is 17.0 Å². The van der Waals surface area contributed by atoms with E-state index in [2.05, 4.69) is 4.98 Å². The Balaban J connectivity index is 2.24. The smallest absolute Gasteiger partial charge is 0.269 e. The number of ether oxygens (including phenoxy) is 1. The van der Waals surface area contributed by atoms with Gasteiger partial charge >= 0.3 is 0 Å². The number of hydrogen-bond acceptors (Lipinski definition) is 4. The fraction of sp³-hybridized carbons (Fsp3) is 0.118. The van der Waals surface area contributed by atoms with E-state index in [1.165, 1.54) is 37.7 Å². The standard InChI is InChI=1S/C17H14F2N2O3S/c1-11-3-5-13(10-20-11)25(22,23)21-8-7-16(24-2)17(21)14-6-4-12(18)9-15(14)19/h3-10H,1-2H3. The summed E-state index contributed by atoms with van der Waals surface area (Å²) < 4.78 is 59.3. The van der Waals surface area contributed by atoms with Crippen LogP contribution in [-0.2, 0) is 10.0 Å². The summed E-state index contributed by atoms with van der Waals surface area (Å²) in [7, 11) is -2.70. The van der Waals surface area contributed by atoms with Gasteiger partial charge in [0.1, 0.15) is 28.0 Å². The van der Waals surface area contributed by atoms with Gasteiger partial charge in [-0.1, -0.05) is 0 Å². The highest BCUT2D eigenvalue weighted by atomic mass is 32.2. The van der Waals surface area contributed by atoms with Gasteiger partial charge in [0.15, 0.2) is 0 Å². The van der Waals surface area contributed by atoms with Crippen LogP contribution < -0.4 is 4.74 Å². The molecule has 1 aromatic carbocycles. The number of benzene rings is 1. The quantitative estimate of drug-likeness (QED) is 0.712. The predicted octanol–water partition coefficient (Wildman–Crippen LogP) is 3.38. The molecule has 0 N–H and O–H groups in total. The maximum atomic E-state index is 14.2. The Bertz CT molecular complexity index is 1030. The number of aryl methyl sites for hydroxylation is 1. The van der Waals surface area contributed by atoms with Crippen molar-refractivity contribution in [2.24, 2.45) is 0 Å². The first-order chi connectivity index (χ1) is 11.8. The van der Waals surface area contributed by atoms with Crippen LogP contribution in [0.1, 0.15) is 5.69 Å². The molecule has 0 radical (unpaired) electrons. The van der Waals surface area contributed by atoms with Crippen molar-refractivity contribution in [3.05, 3.63) is 66.1 Å². The Morgan fingerprint density at radius 2 is 1.88 bits per heavy atom. The Labute approximate surface area is 143 Å². The molecule has 8 heteroatoms. The summed E-state index contributed by atoms with van der Waals surface area (Å²) in [4.78, 5) is 3.93. The first-order valence-electron chi connectivity index (χ1n) is 7.23. The van der Waals surface area contributed by atoms with Crippen molar-refractivity contribution >= 4 is 10.0 Å². The van der Waals surface area contributed by atoms with Crippen LogP contribution in [0.2, 0.25) is 0 Å². The summed E-state index contributed by atoms with van der Waals surface area (Å²) in [5, 5.41) is 0. The second-order valence-corrected chi connectivity index (χ2v) is 7.11. The summed E-state index contributed by atoms with van der Waals surface area (Å²) >= 11 is 0. The molecule has 25 heavy (non-hydrogen) atoms. The topological polar surface area (TPSA) is 61.2 Å². The molecule has 0 aliphatic heterocycles. The fourth-order valence-corrected chi connectivity index (χ4v) is 3.72. The third kappa shape index (κ3) is 3.00. The highest BCUT2D eigenvalue weighted by Crippen LogP contribution is 2.35. The molecule has 0 saturated carbocycles. The van der Waals surface area contributed by atoms with Crippen molar-refractivity contribution in [3.63, 3.8) is 0 Å². The lowest BCUT2D eigenvalue weighted by Crippen LogP contribution is -2.14. The summed E-state index contributed by atoms with van der Waals surface area (Å²) in [6, 6.07) is 7.28. The van der Waals surface area contributed by atoms with E-state index in [0.717, 1.165) is 10.0 Å². The van der Waals surface area contributed by atoms with E-state index < -0.39 is 21.7 Å². The van der Waals surface area contributed by atoms with Gasteiger partial charge in [-0.25, -0.2) is 21.2 Å². The molecule has 0 fully saturated rings. The number of methoxy groups -OCH3 is 1. The Hall–Kier alpha value is -2.74. The van der Waals surface area contributed by atoms with Gasteiger partial charge in [-0.3, -0.25) is 4.98 Å². The number of aromatic nitrogens is 2. The van der Waals surface area contributed by atoms with Crippen LogP contribution in [0.5, 0.6) is 5.75 Å². The average Bonchev–Trinajstić information content (AvgIpc) is 3.00. The van der Waals surface area contributed by atoms with Gasteiger partial charge in [0, 0.05) is 29.7 Å². The van der Waals surface area contributed by atoms with E-state index in [9.17, 15) is 17.2 Å². The maximum Gasteiger partial charge on any atom is 0.269 e. The van der Waals surface area contributed by atoms with E-state index in [0.29, 0.717) is 11.8 Å². The van der Waals surface area contributed by atoms with Crippen LogP contribution in [0.15, 0.2) is 53.7 Å². The lowest BCUT2D eigenvalue weighted by molar-refractivity contribution is 0.416. The number of nitrogens with zero attached hydrogens (tertiary/aromatic N) is 2. The summed E-state index contributed by atoms with van der Waals surface area (Å²) in [6.07, 6.45) is 2.48. The Kier molecular flexibility index (Phi) is 4.30. The van der Waals surface area contributed by atoms with Crippen molar-refractivity contribution < 1.29 is 21.9 Å². The van der Waals surface area contributed by atoms with Crippen LogP contribution in [0.3, 0.4) is 0 Å². The Morgan fingerprint density at radius 3 is 2.48 bits per heavy atom. The highest BCUT2D eigenvalue weighted by molar-refractivity contribution is 7.90. The second-order valence-electron chi connectivity index (χ2n) is 5.29. The van der Waals surface area contributed by atoms with E-state index in [4.69, 9.17) is 4.74 Å². The van der Waals surface area contributed by atoms with Crippen LogP contribution in [0.4, 0.5) is 8.78 Å². The number of halogens is 2. The fourth-order valence-electron chi connectivity index (χ4n) is 2.42. The van der Waals surface area contributed by atoms with Crippen LogP contribution in [0.25, 0.3) is 11.3 Å². The summed E-state index contributed by atoms with van der Waals surface area (Å²) in [6.45, 7) is 1.73. The van der Waals surface area contributed by atoms with Crippen molar-refractivity contribution in [1.29, 1.82) is 0 Å². The van der Waals surface area contributed by atoms with Crippen LogP contribution >= 0.6 is 0 Å². The Morgan fingerprint density at radius 1 is 1.12 bits per heavy atom. The molecule has 0 saturated heterocycles. The zero-order valence-electron chi connectivity index (χ0n) is 13.4. The maximum absolute atomic E-state index is 14.2. The molecule has 130 valence electrons. The number of rotatable bonds is 4. The predicted molar refractivity (Wildman–Crippen MR) is 87.9 cm³/mol. The monoisotopic (exact) mass is 364 g/mol. The lowest BCUT2D eigenvalue weighted by atomic mass is 10.1. The SMILES string of the molecule is COc1ccn(S(=O)(=O)c2ccc(C)nc2)c1-c1ccc(F)cc1F. The third-order valence-electron chi connectivity index (χ3n) is 3.66. The zero-order chi connectivity index (χ0) is 18.2. The lowest BCUT2D eigenvalue weighted by Gasteiger charge is -2.13.